The van der Waals surface area contributed by atoms with Crippen LogP contribution in [0.25, 0.3) is 11.3 Å². The molecular formula is C23H31N5O2. The summed E-state index contributed by atoms with van der Waals surface area (Å²) in [6.45, 7) is 5.28. The van der Waals surface area contributed by atoms with E-state index in [1.54, 1.807) is 12.3 Å². The van der Waals surface area contributed by atoms with E-state index in [0.717, 1.165) is 29.8 Å². The number of amides is 2. The number of aromatic nitrogens is 3. The molecule has 2 aromatic rings. The van der Waals surface area contributed by atoms with Crippen molar-refractivity contribution in [3.05, 3.63) is 35.8 Å². The van der Waals surface area contributed by atoms with E-state index in [4.69, 9.17) is 0 Å². The van der Waals surface area contributed by atoms with Gasteiger partial charge >= 0.3 is 0 Å². The van der Waals surface area contributed by atoms with Crippen LogP contribution in [0, 0.1) is 12.8 Å². The van der Waals surface area contributed by atoms with Crippen LogP contribution in [0.1, 0.15) is 68.1 Å². The summed E-state index contributed by atoms with van der Waals surface area (Å²) in [5, 5.41) is 10.5. The van der Waals surface area contributed by atoms with Crippen LogP contribution >= 0.6 is 0 Å². The van der Waals surface area contributed by atoms with Gasteiger partial charge in [0.05, 0.1) is 5.69 Å². The predicted octanol–water partition coefficient (Wildman–Crippen LogP) is 3.47. The van der Waals surface area contributed by atoms with Gasteiger partial charge in [0.1, 0.15) is 5.69 Å². The van der Waals surface area contributed by atoms with Gasteiger partial charge in [-0.2, -0.15) is 5.10 Å². The lowest BCUT2D eigenvalue weighted by atomic mass is 9.82. The summed E-state index contributed by atoms with van der Waals surface area (Å²) >= 11 is 0. The molecule has 1 saturated carbocycles. The van der Waals surface area contributed by atoms with Gasteiger partial charge in [-0.25, -0.2) is 0 Å². The van der Waals surface area contributed by atoms with E-state index in [-0.39, 0.29) is 23.3 Å². The van der Waals surface area contributed by atoms with Crippen LogP contribution in [0.3, 0.4) is 0 Å². The molecule has 0 unspecified atom stereocenters. The van der Waals surface area contributed by atoms with Gasteiger partial charge in [-0.15, -0.1) is 0 Å². The molecule has 4 rings (SSSR count). The van der Waals surface area contributed by atoms with Gasteiger partial charge in [-0.3, -0.25) is 19.7 Å². The molecule has 0 atom stereocenters. The van der Waals surface area contributed by atoms with Crippen LogP contribution in [-0.2, 0) is 4.79 Å². The zero-order valence-electron chi connectivity index (χ0n) is 17.9. The topological polar surface area (TPSA) is 91.0 Å². The van der Waals surface area contributed by atoms with Crippen LogP contribution < -0.4 is 5.32 Å². The molecule has 0 radical (unpaired) electrons. The van der Waals surface area contributed by atoms with Crippen molar-refractivity contribution in [3.63, 3.8) is 0 Å². The van der Waals surface area contributed by atoms with E-state index in [9.17, 15) is 9.59 Å². The van der Waals surface area contributed by atoms with Crippen molar-refractivity contribution in [1.29, 1.82) is 0 Å². The number of rotatable bonds is 4. The summed E-state index contributed by atoms with van der Waals surface area (Å²) in [6.07, 6.45) is 8.93. The molecule has 2 fully saturated rings. The highest BCUT2D eigenvalue weighted by Crippen LogP contribution is 2.29. The molecule has 1 aliphatic carbocycles. The summed E-state index contributed by atoms with van der Waals surface area (Å²) in [7, 11) is 0. The van der Waals surface area contributed by atoms with E-state index in [1.165, 1.54) is 19.3 Å². The maximum absolute atomic E-state index is 12.9. The molecule has 0 bridgehead atoms. The Kier molecular flexibility index (Phi) is 5.88. The zero-order valence-corrected chi connectivity index (χ0v) is 17.9. The second kappa shape index (κ2) is 8.58. The fourth-order valence-electron chi connectivity index (χ4n) is 4.66. The van der Waals surface area contributed by atoms with Crippen LogP contribution in [0.15, 0.2) is 24.4 Å². The number of aromatic amines is 1. The molecule has 7 heteroatoms. The van der Waals surface area contributed by atoms with Crippen molar-refractivity contribution in [2.75, 3.05) is 13.1 Å². The number of aryl methyl sites for hydroxylation is 1. The Morgan fingerprint density at radius 3 is 2.60 bits per heavy atom. The Labute approximate surface area is 177 Å². The molecule has 2 amide bonds. The Balaban J connectivity index is 1.33. The number of hydrogen-bond acceptors (Lipinski definition) is 4. The molecule has 1 saturated heterocycles. The highest BCUT2D eigenvalue weighted by atomic mass is 16.2. The number of H-pyrrole nitrogens is 1. The summed E-state index contributed by atoms with van der Waals surface area (Å²) < 4.78 is 0. The molecule has 0 aromatic carbocycles. The molecule has 0 spiro atoms. The fraction of sp³-hybridized carbons (Fsp3) is 0.565. The second-order valence-electron chi connectivity index (χ2n) is 9.03. The number of hydrogen-bond donors (Lipinski definition) is 2. The van der Waals surface area contributed by atoms with Crippen molar-refractivity contribution in [1.82, 2.24) is 25.4 Å². The van der Waals surface area contributed by atoms with E-state index in [2.05, 4.69) is 27.4 Å². The van der Waals surface area contributed by atoms with Gasteiger partial charge in [0.15, 0.2) is 0 Å². The van der Waals surface area contributed by atoms with Crippen LogP contribution in [0.4, 0.5) is 0 Å². The minimum Gasteiger partial charge on any atom is -0.351 e. The third-order valence-electron chi connectivity index (χ3n) is 6.54. The molecular weight excluding hydrogens is 378 g/mol. The van der Waals surface area contributed by atoms with Gasteiger partial charge in [-0.05, 0) is 57.7 Å². The number of pyridine rings is 1. The van der Waals surface area contributed by atoms with Crippen molar-refractivity contribution in [3.8, 4) is 11.3 Å². The van der Waals surface area contributed by atoms with Crippen molar-refractivity contribution >= 4 is 11.8 Å². The van der Waals surface area contributed by atoms with Gasteiger partial charge in [0.25, 0.3) is 5.91 Å². The highest BCUT2D eigenvalue weighted by Gasteiger charge is 2.33. The van der Waals surface area contributed by atoms with Crippen molar-refractivity contribution < 1.29 is 9.59 Å². The van der Waals surface area contributed by atoms with Crippen LogP contribution in [0.5, 0.6) is 0 Å². The first-order chi connectivity index (χ1) is 14.4. The minimum atomic E-state index is -0.0578. The molecule has 1 aliphatic heterocycles. The zero-order chi connectivity index (χ0) is 21.1. The van der Waals surface area contributed by atoms with Gasteiger partial charge < -0.3 is 10.2 Å². The Hall–Kier alpha value is -2.70. The monoisotopic (exact) mass is 409 g/mol. The Morgan fingerprint density at radius 2 is 1.90 bits per heavy atom. The van der Waals surface area contributed by atoms with E-state index < -0.39 is 0 Å². The number of likely N-dealkylation sites (tertiary alicyclic amines) is 1. The number of carbonyl (C=O) groups is 2. The van der Waals surface area contributed by atoms with Crippen molar-refractivity contribution in [2.45, 2.75) is 64.3 Å². The number of carbonyl (C=O) groups excluding carboxylic acids is 2. The molecule has 2 aromatic heterocycles. The lowest BCUT2D eigenvalue weighted by Crippen LogP contribution is -2.51. The maximum atomic E-state index is 12.9. The Morgan fingerprint density at radius 1 is 1.17 bits per heavy atom. The largest absolute Gasteiger partial charge is 0.351 e. The first-order valence-corrected chi connectivity index (χ1v) is 11.0. The van der Waals surface area contributed by atoms with Gasteiger partial charge in [0, 0.05) is 42.0 Å². The van der Waals surface area contributed by atoms with Crippen LogP contribution in [0.2, 0.25) is 0 Å². The first-order valence-electron chi connectivity index (χ1n) is 11.0. The lowest BCUT2D eigenvalue weighted by Gasteiger charge is -2.37. The molecule has 30 heavy (non-hydrogen) atoms. The van der Waals surface area contributed by atoms with E-state index >= 15 is 0 Å². The molecule has 2 aliphatic rings. The first kappa shape index (κ1) is 20.6. The summed E-state index contributed by atoms with van der Waals surface area (Å²) in [4.78, 5) is 31.7. The van der Waals surface area contributed by atoms with Crippen LogP contribution in [-0.4, -0.2) is 50.5 Å². The summed E-state index contributed by atoms with van der Waals surface area (Å²) in [5.74, 6) is 0.0888. The maximum Gasteiger partial charge on any atom is 0.271 e. The van der Waals surface area contributed by atoms with E-state index in [1.807, 2.05) is 24.0 Å². The highest BCUT2D eigenvalue weighted by molar-refractivity contribution is 5.93. The third kappa shape index (κ3) is 4.55. The minimum absolute atomic E-state index is 0.00933. The number of nitrogens with one attached hydrogen (secondary N) is 2. The average molecular weight is 410 g/mol. The smallest absolute Gasteiger partial charge is 0.271 e. The summed E-state index contributed by atoms with van der Waals surface area (Å²) in [5.41, 5.74) is 3.01. The van der Waals surface area contributed by atoms with Gasteiger partial charge in [0.2, 0.25) is 5.91 Å². The predicted molar refractivity (Wildman–Crippen MR) is 115 cm³/mol. The molecule has 7 nitrogen and oxygen atoms in total. The SMILES string of the molecule is Cc1cc(-c2cc(C(=O)N3CCC(C(=O)NC4(C)CCCCC4)CC3)[nH]n2)ccn1. The molecule has 3 heterocycles. The molecule has 160 valence electrons. The average Bonchev–Trinajstić information content (AvgIpc) is 3.24. The number of piperidine rings is 1. The second-order valence-corrected chi connectivity index (χ2v) is 9.03. The number of nitrogens with zero attached hydrogens (tertiary/aromatic N) is 3. The quantitative estimate of drug-likeness (QED) is 0.809. The normalized spacial score (nSPS) is 19.5. The van der Waals surface area contributed by atoms with Crippen molar-refractivity contribution in [2.24, 2.45) is 5.92 Å². The van der Waals surface area contributed by atoms with E-state index in [0.29, 0.717) is 31.6 Å². The Bertz CT molecular complexity index is 908. The third-order valence-corrected chi connectivity index (χ3v) is 6.54. The van der Waals surface area contributed by atoms with Gasteiger partial charge in [-0.1, -0.05) is 19.3 Å². The standard InChI is InChI=1S/C23H31N5O2/c1-16-14-18(6-11-24-16)19-15-20(27-26-19)22(30)28-12-7-17(8-13-28)21(29)25-23(2)9-4-3-5-10-23/h6,11,14-15,17H,3-5,7-10,12-13H2,1-2H3,(H,25,29)(H,26,27). The summed E-state index contributed by atoms with van der Waals surface area (Å²) in [6, 6.07) is 5.62. The molecule has 2 N–H and O–H groups in total. The fourth-order valence-corrected chi connectivity index (χ4v) is 4.66. The lowest BCUT2D eigenvalue weighted by molar-refractivity contribution is -0.128.